The van der Waals surface area contributed by atoms with Gasteiger partial charge in [-0.05, 0) is 73.6 Å². The van der Waals surface area contributed by atoms with Gasteiger partial charge in [-0.2, -0.15) is 0 Å². The summed E-state index contributed by atoms with van der Waals surface area (Å²) in [6.45, 7) is 4.71. The first kappa shape index (κ1) is 14.2. The molecular weight excluding hydrogens is 240 g/mol. The van der Waals surface area contributed by atoms with Gasteiger partial charge in [0.05, 0.1) is 0 Å². The van der Waals surface area contributed by atoms with Crippen LogP contribution >= 0.6 is 0 Å². The molecular formula is C20H30. The zero-order valence-corrected chi connectivity index (χ0v) is 13.4. The fourth-order valence-electron chi connectivity index (χ4n) is 4.57. The molecule has 0 aliphatic heterocycles. The maximum Gasteiger partial charge on any atom is -0.0159 e. The van der Waals surface area contributed by atoms with Crippen LogP contribution in [0.15, 0.2) is 12.1 Å². The van der Waals surface area contributed by atoms with Crippen molar-refractivity contribution in [2.75, 3.05) is 0 Å². The molecule has 1 aromatic carbocycles. The predicted octanol–water partition coefficient (Wildman–Crippen LogP) is 6.40. The summed E-state index contributed by atoms with van der Waals surface area (Å²) < 4.78 is 0. The van der Waals surface area contributed by atoms with Crippen molar-refractivity contribution >= 4 is 0 Å². The fraction of sp³-hybridized carbons (Fsp3) is 0.700. The van der Waals surface area contributed by atoms with Gasteiger partial charge in [0.15, 0.2) is 0 Å². The minimum Gasteiger partial charge on any atom is -0.0553 e. The standard InChI is InChI=1S/C20H30/c1-15-13-20(18-11-7-4-8-12-18)16(2)14-19(15)17-9-5-3-6-10-17/h13-14,17-18H,3-12H2,1-2H3. The maximum absolute atomic E-state index is 2.55. The Morgan fingerprint density at radius 3 is 1.30 bits per heavy atom. The summed E-state index contributed by atoms with van der Waals surface area (Å²) in [5.74, 6) is 1.70. The van der Waals surface area contributed by atoms with Crippen molar-refractivity contribution < 1.29 is 0 Å². The Balaban J connectivity index is 1.85. The lowest BCUT2D eigenvalue weighted by Crippen LogP contribution is -2.10. The summed E-state index contributed by atoms with van der Waals surface area (Å²) in [6, 6.07) is 5.10. The van der Waals surface area contributed by atoms with Gasteiger partial charge in [-0.15, -0.1) is 0 Å². The number of benzene rings is 1. The Morgan fingerprint density at radius 2 is 0.950 bits per heavy atom. The van der Waals surface area contributed by atoms with Gasteiger partial charge in [0.25, 0.3) is 0 Å². The minimum absolute atomic E-state index is 0.850. The zero-order valence-electron chi connectivity index (χ0n) is 13.4. The molecule has 0 N–H and O–H groups in total. The highest BCUT2D eigenvalue weighted by atomic mass is 14.3. The normalized spacial score (nSPS) is 22.1. The van der Waals surface area contributed by atoms with Gasteiger partial charge in [0.2, 0.25) is 0 Å². The highest BCUT2D eigenvalue weighted by molar-refractivity contribution is 5.41. The van der Waals surface area contributed by atoms with Crippen LogP contribution in [-0.4, -0.2) is 0 Å². The third-order valence-corrected chi connectivity index (χ3v) is 5.74. The van der Waals surface area contributed by atoms with Crippen LogP contribution in [0.1, 0.15) is 98.3 Å². The Hall–Kier alpha value is -0.780. The Morgan fingerprint density at radius 1 is 0.600 bits per heavy atom. The molecule has 2 saturated carbocycles. The Kier molecular flexibility index (Phi) is 4.48. The molecule has 1 aromatic rings. The first-order valence-electron chi connectivity index (χ1n) is 8.87. The minimum atomic E-state index is 0.850. The highest BCUT2D eigenvalue weighted by Crippen LogP contribution is 2.39. The van der Waals surface area contributed by atoms with E-state index in [-0.39, 0.29) is 0 Å². The second kappa shape index (κ2) is 6.33. The van der Waals surface area contributed by atoms with E-state index in [2.05, 4.69) is 26.0 Å². The van der Waals surface area contributed by atoms with Crippen molar-refractivity contribution in [2.45, 2.75) is 89.9 Å². The second-order valence-electron chi connectivity index (χ2n) is 7.24. The molecule has 0 unspecified atom stereocenters. The lowest BCUT2D eigenvalue weighted by atomic mass is 9.77. The van der Waals surface area contributed by atoms with Crippen molar-refractivity contribution in [3.8, 4) is 0 Å². The molecule has 0 aromatic heterocycles. The topological polar surface area (TPSA) is 0 Å². The molecule has 0 bridgehead atoms. The largest absolute Gasteiger partial charge is 0.0553 e. The van der Waals surface area contributed by atoms with Gasteiger partial charge in [-0.3, -0.25) is 0 Å². The molecule has 0 nitrogen and oxygen atoms in total. The van der Waals surface area contributed by atoms with Crippen LogP contribution < -0.4 is 0 Å². The van der Waals surface area contributed by atoms with Gasteiger partial charge in [0.1, 0.15) is 0 Å². The van der Waals surface area contributed by atoms with E-state index < -0.39 is 0 Å². The molecule has 0 atom stereocenters. The summed E-state index contributed by atoms with van der Waals surface area (Å²) >= 11 is 0. The van der Waals surface area contributed by atoms with Crippen molar-refractivity contribution in [1.29, 1.82) is 0 Å². The lowest BCUT2D eigenvalue weighted by molar-refractivity contribution is 0.437. The first-order chi connectivity index (χ1) is 9.75. The van der Waals surface area contributed by atoms with Gasteiger partial charge >= 0.3 is 0 Å². The lowest BCUT2D eigenvalue weighted by Gasteiger charge is -2.28. The molecule has 0 heteroatoms. The molecule has 2 aliphatic rings. The quantitative estimate of drug-likeness (QED) is 0.583. The highest BCUT2D eigenvalue weighted by Gasteiger charge is 2.21. The van der Waals surface area contributed by atoms with Crippen molar-refractivity contribution in [3.63, 3.8) is 0 Å². The van der Waals surface area contributed by atoms with Crippen LogP contribution in [0.4, 0.5) is 0 Å². The molecule has 2 aliphatic carbocycles. The number of hydrogen-bond donors (Lipinski definition) is 0. The van der Waals surface area contributed by atoms with E-state index in [1.54, 1.807) is 22.3 Å². The monoisotopic (exact) mass is 270 g/mol. The van der Waals surface area contributed by atoms with Crippen LogP contribution in [0.25, 0.3) is 0 Å². The number of hydrogen-bond acceptors (Lipinski definition) is 0. The molecule has 0 spiro atoms. The maximum atomic E-state index is 2.55. The van der Waals surface area contributed by atoms with E-state index in [1.165, 1.54) is 64.2 Å². The molecule has 0 heterocycles. The Labute approximate surface area is 125 Å². The predicted molar refractivity (Wildman–Crippen MR) is 87.6 cm³/mol. The number of rotatable bonds is 2. The van der Waals surface area contributed by atoms with Crippen LogP contribution in [0, 0.1) is 13.8 Å². The van der Waals surface area contributed by atoms with Crippen molar-refractivity contribution in [1.82, 2.24) is 0 Å². The van der Waals surface area contributed by atoms with E-state index in [4.69, 9.17) is 0 Å². The molecule has 20 heavy (non-hydrogen) atoms. The first-order valence-corrected chi connectivity index (χ1v) is 8.87. The number of aryl methyl sites for hydroxylation is 2. The summed E-state index contributed by atoms with van der Waals surface area (Å²) in [5, 5.41) is 0. The van der Waals surface area contributed by atoms with Crippen molar-refractivity contribution in [2.24, 2.45) is 0 Å². The third kappa shape index (κ3) is 2.95. The van der Waals surface area contributed by atoms with E-state index in [0.29, 0.717) is 0 Å². The Bertz CT molecular complexity index is 402. The van der Waals surface area contributed by atoms with E-state index in [1.807, 2.05) is 0 Å². The third-order valence-electron chi connectivity index (χ3n) is 5.74. The molecule has 0 amide bonds. The van der Waals surface area contributed by atoms with Gasteiger partial charge in [-0.25, -0.2) is 0 Å². The van der Waals surface area contributed by atoms with Gasteiger partial charge < -0.3 is 0 Å². The van der Waals surface area contributed by atoms with E-state index in [0.717, 1.165) is 11.8 Å². The second-order valence-corrected chi connectivity index (χ2v) is 7.24. The summed E-state index contributed by atoms with van der Waals surface area (Å²) in [6.07, 6.45) is 14.3. The van der Waals surface area contributed by atoms with Crippen LogP contribution in [0.3, 0.4) is 0 Å². The molecule has 0 radical (unpaired) electrons. The molecule has 0 saturated heterocycles. The summed E-state index contributed by atoms with van der Waals surface area (Å²) in [5.41, 5.74) is 6.48. The van der Waals surface area contributed by atoms with Gasteiger partial charge in [-0.1, -0.05) is 50.7 Å². The van der Waals surface area contributed by atoms with Crippen LogP contribution in [-0.2, 0) is 0 Å². The van der Waals surface area contributed by atoms with E-state index >= 15 is 0 Å². The smallest absolute Gasteiger partial charge is 0.0159 e. The molecule has 110 valence electrons. The summed E-state index contributed by atoms with van der Waals surface area (Å²) in [4.78, 5) is 0. The average Bonchev–Trinajstić information content (AvgIpc) is 2.51. The van der Waals surface area contributed by atoms with Crippen molar-refractivity contribution in [3.05, 3.63) is 34.4 Å². The summed E-state index contributed by atoms with van der Waals surface area (Å²) in [7, 11) is 0. The molecule has 3 rings (SSSR count). The van der Waals surface area contributed by atoms with Crippen LogP contribution in [0.2, 0.25) is 0 Å². The average molecular weight is 270 g/mol. The van der Waals surface area contributed by atoms with Crippen LogP contribution in [0.5, 0.6) is 0 Å². The van der Waals surface area contributed by atoms with Gasteiger partial charge in [0, 0.05) is 0 Å². The fourth-order valence-corrected chi connectivity index (χ4v) is 4.57. The molecule has 2 fully saturated rings. The SMILES string of the molecule is Cc1cc(C2CCCCC2)c(C)cc1C1CCCCC1. The zero-order chi connectivity index (χ0) is 13.9. The van der Waals surface area contributed by atoms with E-state index in [9.17, 15) is 0 Å².